The minimum Gasteiger partial charge on any atom is -0.322 e. The summed E-state index contributed by atoms with van der Waals surface area (Å²) in [5, 5.41) is 4.99. The molecule has 1 amide bonds. The van der Waals surface area contributed by atoms with E-state index < -0.39 is 0 Å². The normalized spacial score (nSPS) is 23.6. The van der Waals surface area contributed by atoms with Gasteiger partial charge in [0.1, 0.15) is 5.69 Å². The SMILES string of the molecule is CCC(=O)c1ccn(C(=O)N2C[C@H]3CC(N(C)Cc4ccccc4Cl)C[C@H]3C2)n1. The topological polar surface area (TPSA) is 58.4 Å². The number of halogens is 1. The van der Waals surface area contributed by atoms with Crippen LogP contribution in [0.5, 0.6) is 0 Å². The van der Waals surface area contributed by atoms with Crippen LogP contribution in [0, 0.1) is 11.8 Å². The second-order valence-electron chi connectivity index (χ2n) is 8.26. The Labute approximate surface area is 176 Å². The molecule has 4 rings (SSSR count). The third kappa shape index (κ3) is 4.09. The number of ketones is 1. The fraction of sp³-hybridized carbons (Fsp3) is 0.500. The first kappa shape index (κ1) is 20.1. The van der Waals surface area contributed by atoms with Crippen molar-refractivity contribution in [3.63, 3.8) is 0 Å². The standard InChI is InChI=1S/C22H27ClN4O2/c1-3-21(28)20-8-9-27(24-20)22(29)26-13-16-10-18(11-17(16)14-26)25(2)12-15-6-4-5-7-19(15)23/h4-9,16-18H,3,10-14H2,1-2H3/t16-,17+,18?. The third-order valence-electron chi connectivity index (χ3n) is 6.39. The average Bonchev–Trinajstić information content (AvgIpc) is 3.43. The fourth-order valence-electron chi connectivity index (χ4n) is 4.71. The first-order valence-electron chi connectivity index (χ1n) is 10.3. The molecule has 1 unspecified atom stereocenters. The van der Waals surface area contributed by atoms with Crippen LogP contribution >= 0.6 is 11.6 Å². The molecule has 2 aliphatic rings. The molecule has 0 bridgehead atoms. The summed E-state index contributed by atoms with van der Waals surface area (Å²) in [7, 11) is 2.16. The lowest BCUT2D eigenvalue weighted by Crippen LogP contribution is -2.36. The van der Waals surface area contributed by atoms with E-state index in [2.05, 4.69) is 23.1 Å². The highest BCUT2D eigenvalue weighted by Crippen LogP contribution is 2.40. The Bertz CT molecular complexity index is 898. The first-order chi connectivity index (χ1) is 14.0. The molecule has 1 aromatic heterocycles. The number of rotatable bonds is 5. The largest absolute Gasteiger partial charge is 0.344 e. The van der Waals surface area contributed by atoms with Crippen molar-refractivity contribution in [1.82, 2.24) is 19.6 Å². The number of hydrogen-bond acceptors (Lipinski definition) is 4. The molecule has 0 spiro atoms. The van der Waals surface area contributed by atoms with Crippen LogP contribution in [0.15, 0.2) is 36.5 Å². The number of aromatic nitrogens is 2. The van der Waals surface area contributed by atoms with Gasteiger partial charge in [-0.25, -0.2) is 4.79 Å². The molecule has 0 N–H and O–H groups in total. The highest BCUT2D eigenvalue weighted by Gasteiger charge is 2.43. The smallest absolute Gasteiger partial charge is 0.322 e. The molecule has 3 atom stereocenters. The van der Waals surface area contributed by atoms with Crippen LogP contribution in [0.25, 0.3) is 0 Å². The van der Waals surface area contributed by atoms with Crippen molar-refractivity contribution in [3.8, 4) is 0 Å². The van der Waals surface area contributed by atoms with E-state index >= 15 is 0 Å². The van der Waals surface area contributed by atoms with E-state index in [1.807, 2.05) is 23.1 Å². The zero-order chi connectivity index (χ0) is 20.5. The molecule has 6 nitrogen and oxygen atoms in total. The number of Topliss-reactive ketones (excluding diaryl/α,β-unsaturated/α-hetero) is 1. The van der Waals surface area contributed by atoms with Crippen LogP contribution in [0.3, 0.4) is 0 Å². The Balaban J connectivity index is 1.34. The maximum Gasteiger partial charge on any atom is 0.344 e. The summed E-state index contributed by atoms with van der Waals surface area (Å²) >= 11 is 6.31. The van der Waals surface area contributed by atoms with Crippen LogP contribution in [-0.2, 0) is 6.54 Å². The molecule has 29 heavy (non-hydrogen) atoms. The van der Waals surface area contributed by atoms with Crippen LogP contribution in [0.1, 0.15) is 42.2 Å². The lowest BCUT2D eigenvalue weighted by atomic mass is 10.0. The minimum atomic E-state index is -0.129. The molecular formula is C22H27ClN4O2. The maximum absolute atomic E-state index is 12.8. The van der Waals surface area contributed by atoms with E-state index in [1.54, 1.807) is 19.2 Å². The number of fused-ring (bicyclic) bond motifs is 1. The molecule has 154 valence electrons. The quantitative estimate of drug-likeness (QED) is 0.695. The van der Waals surface area contributed by atoms with Crippen molar-refractivity contribution in [2.75, 3.05) is 20.1 Å². The molecule has 0 radical (unpaired) electrons. The molecule has 2 fully saturated rings. The molecule has 2 aromatic rings. The maximum atomic E-state index is 12.8. The highest BCUT2D eigenvalue weighted by molar-refractivity contribution is 6.31. The summed E-state index contributed by atoms with van der Waals surface area (Å²) in [6, 6.07) is 10.0. The second kappa shape index (κ2) is 8.28. The Morgan fingerprint density at radius 1 is 1.17 bits per heavy atom. The summed E-state index contributed by atoms with van der Waals surface area (Å²) < 4.78 is 1.31. The second-order valence-corrected chi connectivity index (χ2v) is 8.67. The minimum absolute atomic E-state index is 0.0424. The number of nitrogens with zero attached hydrogens (tertiary/aromatic N) is 4. The van der Waals surface area contributed by atoms with E-state index in [1.165, 1.54) is 4.68 Å². The summed E-state index contributed by atoms with van der Waals surface area (Å²) in [5.74, 6) is 0.995. The molecule has 1 aliphatic carbocycles. The molecule has 2 heterocycles. The van der Waals surface area contributed by atoms with E-state index in [9.17, 15) is 9.59 Å². The summed E-state index contributed by atoms with van der Waals surface area (Å²) in [4.78, 5) is 28.8. The summed E-state index contributed by atoms with van der Waals surface area (Å²) in [5.41, 5.74) is 1.52. The molecule has 1 aliphatic heterocycles. The predicted molar refractivity (Wildman–Crippen MR) is 112 cm³/mol. The van der Waals surface area contributed by atoms with Gasteiger partial charge in [0.05, 0.1) is 0 Å². The molecular weight excluding hydrogens is 388 g/mol. The lowest BCUT2D eigenvalue weighted by Gasteiger charge is -2.26. The summed E-state index contributed by atoms with van der Waals surface area (Å²) in [6.45, 7) is 4.16. The van der Waals surface area contributed by atoms with Gasteiger partial charge in [0.2, 0.25) is 0 Å². The van der Waals surface area contributed by atoms with Gasteiger partial charge in [-0.15, -0.1) is 0 Å². The van der Waals surface area contributed by atoms with Crippen LogP contribution < -0.4 is 0 Å². The number of likely N-dealkylation sites (tertiary alicyclic amines) is 1. The van der Waals surface area contributed by atoms with Gasteiger partial charge in [-0.05, 0) is 49.4 Å². The first-order valence-corrected chi connectivity index (χ1v) is 10.7. The van der Waals surface area contributed by atoms with Crippen LogP contribution in [0.4, 0.5) is 4.79 Å². The Kier molecular flexibility index (Phi) is 5.74. The average molecular weight is 415 g/mol. The molecule has 7 heteroatoms. The van der Waals surface area contributed by atoms with Crippen molar-refractivity contribution < 1.29 is 9.59 Å². The van der Waals surface area contributed by atoms with Crippen molar-refractivity contribution in [2.24, 2.45) is 11.8 Å². The van der Waals surface area contributed by atoms with Crippen molar-refractivity contribution >= 4 is 23.4 Å². The monoisotopic (exact) mass is 414 g/mol. The van der Waals surface area contributed by atoms with E-state index in [0.717, 1.165) is 43.1 Å². The van der Waals surface area contributed by atoms with E-state index in [0.29, 0.717) is 30.0 Å². The lowest BCUT2D eigenvalue weighted by molar-refractivity contribution is 0.0983. The highest BCUT2D eigenvalue weighted by atomic mass is 35.5. The van der Waals surface area contributed by atoms with Crippen molar-refractivity contribution in [3.05, 3.63) is 52.8 Å². The Hall–Kier alpha value is -2.18. The molecule has 1 aromatic carbocycles. The zero-order valence-corrected chi connectivity index (χ0v) is 17.7. The van der Waals surface area contributed by atoms with Crippen LogP contribution in [0.2, 0.25) is 5.02 Å². The van der Waals surface area contributed by atoms with Gasteiger partial charge in [-0.3, -0.25) is 9.69 Å². The predicted octanol–water partition coefficient (Wildman–Crippen LogP) is 3.94. The van der Waals surface area contributed by atoms with Gasteiger partial charge in [0, 0.05) is 43.3 Å². The van der Waals surface area contributed by atoms with Gasteiger partial charge in [0.25, 0.3) is 0 Å². The third-order valence-corrected chi connectivity index (χ3v) is 6.76. The Morgan fingerprint density at radius 3 is 2.52 bits per heavy atom. The molecule has 1 saturated heterocycles. The van der Waals surface area contributed by atoms with Crippen LogP contribution in [-0.4, -0.2) is 57.6 Å². The molecule has 1 saturated carbocycles. The Morgan fingerprint density at radius 2 is 1.86 bits per heavy atom. The number of benzene rings is 1. The van der Waals surface area contributed by atoms with Gasteiger partial charge >= 0.3 is 6.03 Å². The number of hydrogen-bond donors (Lipinski definition) is 0. The van der Waals surface area contributed by atoms with Gasteiger partial charge in [-0.1, -0.05) is 36.7 Å². The van der Waals surface area contributed by atoms with E-state index in [4.69, 9.17) is 11.6 Å². The summed E-state index contributed by atoms with van der Waals surface area (Å²) in [6.07, 6.45) is 4.17. The number of amides is 1. The zero-order valence-electron chi connectivity index (χ0n) is 16.9. The van der Waals surface area contributed by atoms with Crippen molar-refractivity contribution in [2.45, 2.75) is 38.8 Å². The fourth-order valence-corrected chi connectivity index (χ4v) is 4.91. The van der Waals surface area contributed by atoms with Gasteiger partial charge in [0.15, 0.2) is 5.78 Å². The van der Waals surface area contributed by atoms with E-state index in [-0.39, 0.29) is 11.8 Å². The number of carbonyl (C=O) groups is 2. The van der Waals surface area contributed by atoms with Gasteiger partial charge < -0.3 is 4.90 Å². The van der Waals surface area contributed by atoms with Gasteiger partial charge in [-0.2, -0.15) is 9.78 Å². The van der Waals surface area contributed by atoms with Crippen molar-refractivity contribution in [1.29, 1.82) is 0 Å². The number of carbonyl (C=O) groups excluding carboxylic acids is 2.